The topological polar surface area (TPSA) is 73.2 Å². The summed E-state index contributed by atoms with van der Waals surface area (Å²) in [5.74, 6) is -3.17. The highest BCUT2D eigenvalue weighted by molar-refractivity contribution is 7.46. The van der Waals surface area contributed by atoms with Gasteiger partial charge >= 0.3 is 14.0 Å². The minimum absolute atomic E-state index is 0.0936. The molecule has 0 aliphatic carbocycles. The van der Waals surface area contributed by atoms with Gasteiger partial charge in [-0.2, -0.15) is 13.2 Å². The highest BCUT2D eigenvalue weighted by Crippen LogP contribution is 2.51. The highest BCUT2D eigenvalue weighted by Gasteiger charge is 2.66. The fourth-order valence-electron chi connectivity index (χ4n) is 7.47. The van der Waals surface area contributed by atoms with Crippen molar-refractivity contribution in [2.24, 2.45) is 0 Å². The van der Waals surface area contributed by atoms with Crippen molar-refractivity contribution < 1.29 is 32.0 Å². The second-order valence-corrected chi connectivity index (χ2v) is 16.7. The van der Waals surface area contributed by atoms with E-state index in [2.05, 4.69) is 27.7 Å². The van der Waals surface area contributed by atoms with Gasteiger partial charge in [-0.25, -0.2) is 9.09 Å². The van der Waals surface area contributed by atoms with E-state index >= 15 is 13.2 Å². The molecule has 314 valence electrons. The Morgan fingerprint density at radius 3 is 0.769 bits per heavy atom. The molecule has 0 rings (SSSR count). The minimum Gasteiger partial charge on any atom is -0.303 e. The van der Waals surface area contributed by atoms with E-state index in [9.17, 15) is 14.4 Å². The summed E-state index contributed by atoms with van der Waals surface area (Å²) in [4.78, 5) is 23.0. The van der Waals surface area contributed by atoms with Crippen LogP contribution in [0.15, 0.2) is 0 Å². The Hall–Kier alpha value is -0.180. The van der Waals surface area contributed by atoms with Gasteiger partial charge in [0.25, 0.3) is 5.85 Å². The van der Waals surface area contributed by atoms with Crippen molar-refractivity contribution in [3.8, 4) is 0 Å². The van der Waals surface area contributed by atoms with Crippen LogP contribution in [0.2, 0.25) is 0 Å². The van der Waals surface area contributed by atoms with Gasteiger partial charge in [-0.05, 0) is 25.7 Å². The van der Waals surface area contributed by atoms with Crippen molar-refractivity contribution in [2.75, 3.05) is 26.2 Å². The molecule has 6 nitrogen and oxygen atoms in total. The average molecular weight is 771 g/mol. The minimum atomic E-state index is -5.54. The van der Waals surface area contributed by atoms with E-state index in [1.165, 1.54) is 86.8 Å². The molecule has 0 amide bonds. The molecule has 52 heavy (non-hydrogen) atoms. The van der Waals surface area contributed by atoms with Gasteiger partial charge in [0.15, 0.2) is 0 Å². The lowest BCUT2D eigenvalue weighted by Crippen LogP contribution is -2.70. The Morgan fingerprint density at radius 2 is 0.596 bits per heavy atom. The van der Waals surface area contributed by atoms with Gasteiger partial charge in [0.2, 0.25) is 0 Å². The molecule has 0 saturated carbocycles. The SMILES string of the molecule is CCCCCCCCCCN(CCCCCCCCCC)C(OP(=O)(O)O)(N(CCCCCCCCCC)CCCCCCCCCC)C(F)(F)F. The van der Waals surface area contributed by atoms with Gasteiger partial charge in [-0.15, -0.1) is 0 Å². The molecule has 2 N–H and O–H groups in total. The summed E-state index contributed by atoms with van der Waals surface area (Å²) in [7, 11) is -5.54. The van der Waals surface area contributed by atoms with Crippen LogP contribution >= 0.6 is 7.82 Å². The number of alkyl halides is 3. The van der Waals surface area contributed by atoms with E-state index in [1.807, 2.05) is 0 Å². The van der Waals surface area contributed by atoms with E-state index < -0.39 is 19.8 Å². The Balaban J connectivity index is 6.22. The normalized spacial score (nSPS) is 12.9. The third kappa shape index (κ3) is 26.6. The van der Waals surface area contributed by atoms with Gasteiger partial charge in [-0.1, -0.05) is 207 Å². The molecular formula is C42H86F3N2O4P. The van der Waals surface area contributed by atoms with Crippen molar-refractivity contribution in [1.29, 1.82) is 0 Å². The summed E-state index contributed by atoms with van der Waals surface area (Å²) in [6.07, 6.45) is 27.1. The predicted molar refractivity (Wildman–Crippen MR) is 216 cm³/mol. The van der Waals surface area contributed by atoms with Gasteiger partial charge in [-0.3, -0.25) is 9.80 Å². The third-order valence-corrected chi connectivity index (χ3v) is 11.1. The van der Waals surface area contributed by atoms with Gasteiger partial charge < -0.3 is 9.79 Å². The monoisotopic (exact) mass is 771 g/mol. The maximum atomic E-state index is 15.8. The second-order valence-electron chi connectivity index (χ2n) is 15.6. The van der Waals surface area contributed by atoms with Crippen LogP contribution in [0, 0.1) is 0 Å². The number of hydrogen-bond acceptors (Lipinski definition) is 4. The highest BCUT2D eigenvalue weighted by atomic mass is 31.2. The summed E-state index contributed by atoms with van der Waals surface area (Å²) >= 11 is 0. The zero-order chi connectivity index (χ0) is 38.8. The van der Waals surface area contributed by atoms with Crippen LogP contribution in [0.25, 0.3) is 0 Å². The molecule has 0 unspecified atom stereocenters. The molecule has 0 atom stereocenters. The van der Waals surface area contributed by atoms with Crippen molar-refractivity contribution in [2.45, 2.75) is 245 Å². The summed E-state index contributed by atoms with van der Waals surface area (Å²) in [6, 6.07) is 0. The van der Waals surface area contributed by atoms with Crippen LogP contribution in [0.1, 0.15) is 233 Å². The largest absolute Gasteiger partial charge is 0.472 e. The van der Waals surface area contributed by atoms with Gasteiger partial charge in [0, 0.05) is 26.2 Å². The van der Waals surface area contributed by atoms with Gasteiger partial charge in [0.1, 0.15) is 0 Å². The van der Waals surface area contributed by atoms with Gasteiger partial charge in [0.05, 0.1) is 0 Å². The molecular weight excluding hydrogens is 684 g/mol. The van der Waals surface area contributed by atoms with E-state index in [-0.39, 0.29) is 26.2 Å². The van der Waals surface area contributed by atoms with Crippen molar-refractivity contribution in [1.82, 2.24) is 9.80 Å². The first kappa shape index (κ1) is 51.8. The second kappa shape index (κ2) is 34.1. The predicted octanol–water partition coefficient (Wildman–Crippen LogP) is 14.5. The van der Waals surface area contributed by atoms with Crippen molar-refractivity contribution >= 4 is 7.82 Å². The standard InChI is InChI=1S/C42H86F3N2O4P/c1-5-9-13-17-21-25-29-33-37-46(38-34-30-26-22-18-14-10-6-2)42(41(43,44)45,51-52(48,49)50)47(39-35-31-27-23-19-15-11-7-3)40-36-32-28-24-20-16-12-8-4/h5-40H2,1-4H3,(H2,48,49,50). The molecule has 0 heterocycles. The quantitative estimate of drug-likeness (QED) is 0.0367. The first-order valence-corrected chi connectivity index (χ1v) is 23.9. The zero-order valence-electron chi connectivity index (χ0n) is 34.6. The molecule has 0 aliphatic heterocycles. The lowest BCUT2D eigenvalue weighted by Gasteiger charge is -2.50. The van der Waals surface area contributed by atoms with Crippen LogP contribution in [-0.4, -0.2) is 57.8 Å². The Kier molecular flexibility index (Phi) is 34.0. The lowest BCUT2D eigenvalue weighted by molar-refractivity contribution is -0.365. The number of phosphoric acid groups is 1. The Bertz CT molecular complexity index is 731. The fourth-order valence-corrected chi connectivity index (χ4v) is 8.13. The van der Waals surface area contributed by atoms with Crippen LogP contribution in [-0.2, 0) is 9.09 Å². The summed E-state index contributed by atoms with van der Waals surface area (Å²) in [6.45, 7) is 9.10. The van der Waals surface area contributed by atoms with E-state index in [0.29, 0.717) is 25.7 Å². The smallest absolute Gasteiger partial charge is 0.303 e. The average Bonchev–Trinajstić information content (AvgIpc) is 3.09. The Morgan fingerprint density at radius 1 is 0.404 bits per heavy atom. The number of rotatable bonds is 40. The first-order chi connectivity index (χ1) is 25.0. The van der Waals surface area contributed by atoms with E-state index in [4.69, 9.17) is 4.52 Å². The molecule has 0 aromatic heterocycles. The molecule has 0 fully saturated rings. The number of unbranched alkanes of at least 4 members (excludes halogenated alkanes) is 28. The summed E-state index contributed by atoms with van der Waals surface area (Å²) in [5.41, 5.74) is 0. The van der Waals surface area contributed by atoms with Crippen molar-refractivity contribution in [3.05, 3.63) is 0 Å². The molecule has 0 radical (unpaired) electrons. The summed E-state index contributed by atoms with van der Waals surface area (Å²) < 4.78 is 65.4. The van der Waals surface area contributed by atoms with Crippen LogP contribution in [0.4, 0.5) is 13.2 Å². The molecule has 0 bridgehead atoms. The third-order valence-electron chi connectivity index (χ3n) is 10.6. The number of nitrogens with zero attached hydrogens (tertiary/aromatic N) is 2. The van der Waals surface area contributed by atoms with E-state index in [1.54, 1.807) is 0 Å². The Labute approximate surface area is 320 Å². The molecule has 0 aliphatic rings. The van der Waals surface area contributed by atoms with Crippen LogP contribution in [0.3, 0.4) is 0 Å². The molecule has 0 aromatic rings. The lowest BCUT2D eigenvalue weighted by atomic mass is 10.1. The van der Waals surface area contributed by atoms with E-state index in [0.717, 1.165) is 103 Å². The van der Waals surface area contributed by atoms with Crippen LogP contribution in [0.5, 0.6) is 0 Å². The molecule has 10 heteroatoms. The molecule has 0 saturated heterocycles. The van der Waals surface area contributed by atoms with Crippen molar-refractivity contribution in [3.63, 3.8) is 0 Å². The number of hydrogen-bond donors (Lipinski definition) is 2. The summed E-state index contributed by atoms with van der Waals surface area (Å²) in [5, 5.41) is 0. The molecule has 0 spiro atoms. The fraction of sp³-hybridized carbons (Fsp3) is 1.00. The van der Waals surface area contributed by atoms with Crippen LogP contribution < -0.4 is 0 Å². The molecule has 0 aromatic carbocycles. The first-order valence-electron chi connectivity index (χ1n) is 22.3. The number of phosphoric ester groups is 1. The maximum Gasteiger partial charge on any atom is 0.472 e. The zero-order valence-corrected chi connectivity index (χ0v) is 35.5. The number of halogens is 3. The maximum absolute atomic E-state index is 15.8.